The predicted octanol–water partition coefficient (Wildman–Crippen LogP) is 4.27. The van der Waals surface area contributed by atoms with Crippen LogP contribution in [0.4, 0.5) is 10.1 Å². The summed E-state index contributed by atoms with van der Waals surface area (Å²) in [6.07, 6.45) is 1.06. The number of nitrogens with zero attached hydrogens (tertiary/aromatic N) is 2. The summed E-state index contributed by atoms with van der Waals surface area (Å²) in [5.41, 5.74) is 2.18. The van der Waals surface area contributed by atoms with E-state index in [-0.39, 0.29) is 5.56 Å². The summed E-state index contributed by atoms with van der Waals surface area (Å²) in [5.74, 6) is -0.286. The lowest BCUT2D eigenvalue weighted by molar-refractivity contribution is 0.102. The van der Waals surface area contributed by atoms with Crippen molar-refractivity contribution in [2.75, 3.05) is 5.32 Å². The summed E-state index contributed by atoms with van der Waals surface area (Å²) in [5, 5.41) is 6.80. The van der Waals surface area contributed by atoms with Gasteiger partial charge in [-0.3, -0.25) is 4.79 Å². The van der Waals surface area contributed by atoms with Crippen molar-refractivity contribution in [3.63, 3.8) is 0 Å². The standard InChI is InChI=1S/C18H24FN3O/c1-6-11(2)12(3)14-9-7-8-10-15(14)20-18(23)16-13(4)21-22(5)17(16)19/h7-12H,6H2,1-5H3,(H,20,23). The molecule has 2 atom stereocenters. The molecule has 23 heavy (non-hydrogen) atoms. The van der Waals surface area contributed by atoms with E-state index in [2.05, 4.69) is 31.2 Å². The molecule has 0 saturated heterocycles. The molecule has 1 aromatic carbocycles. The van der Waals surface area contributed by atoms with Gasteiger partial charge in [-0.25, -0.2) is 4.68 Å². The first-order chi connectivity index (χ1) is 10.9. The molecule has 0 aliphatic heterocycles. The maximum atomic E-state index is 14.1. The zero-order valence-electron chi connectivity index (χ0n) is 14.4. The number of carbonyl (C=O) groups excluding carboxylic acids is 1. The van der Waals surface area contributed by atoms with E-state index >= 15 is 0 Å². The largest absolute Gasteiger partial charge is 0.322 e. The smallest absolute Gasteiger partial charge is 0.262 e. The van der Waals surface area contributed by atoms with Gasteiger partial charge < -0.3 is 5.32 Å². The normalized spacial score (nSPS) is 13.7. The van der Waals surface area contributed by atoms with E-state index < -0.39 is 11.9 Å². The molecule has 124 valence electrons. The van der Waals surface area contributed by atoms with Gasteiger partial charge in [0, 0.05) is 12.7 Å². The number of hydrogen-bond acceptors (Lipinski definition) is 2. The van der Waals surface area contributed by atoms with Crippen LogP contribution in [0.3, 0.4) is 0 Å². The minimum Gasteiger partial charge on any atom is -0.322 e. The Morgan fingerprint density at radius 2 is 2.00 bits per heavy atom. The second kappa shape index (κ2) is 6.94. The molecule has 4 nitrogen and oxygen atoms in total. The van der Waals surface area contributed by atoms with E-state index in [0.29, 0.717) is 17.5 Å². The van der Waals surface area contributed by atoms with Gasteiger partial charge in [0.15, 0.2) is 0 Å². The average molecular weight is 317 g/mol. The Bertz CT molecular complexity index is 708. The van der Waals surface area contributed by atoms with Crippen molar-refractivity contribution < 1.29 is 9.18 Å². The van der Waals surface area contributed by atoms with Crippen molar-refractivity contribution in [2.24, 2.45) is 13.0 Å². The highest BCUT2D eigenvalue weighted by molar-refractivity contribution is 6.05. The van der Waals surface area contributed by atoms with Crippen LogP contribution < -0.4 is 5.32 Å². The van der Waals surface area contributed by atoms with Crippen molar-refractivity contribution in [3.8, 4) is 0 Å². The lowest BCUT2D eigenvalue weighted by Crippen LogP contribution is -2.17. The Kier molecular flexibility index (Phi) is 5.19. The number of para-hydroxylation sites is 1. The number of nitrogens with one attached hydrogen (secondary N) is 1. The number of hydrogen-bond donors (Lipinski definition) is 1. The number of benzene rings is 1. The Labute approximate surface area is 136 Å². The van der Waals surface area contributed by atoms with Gasteiger partial charge in [0.2, 0.25) is 5.95 Å². The summed E-state index contributed by atoms with van der Waals surface area (Å²) >= 11 is 0. The van der Waals surface area contributed by atoms with Gasteiger partial charge in [-0.15, -0.1) is 0 Å². The minimum atomic E-state index is -0.618. The molecular formula is C18H24FN3O. The van der Waals surface area contributed by atoms with Crippen LogP contribution in [-0.4, -0.2) is 15.7 Å². The number of anilines is 1. The minimum absolute atomic E-state index is 0.00139. The van der Waals surface area contributed by atoms with Crippen LogP contribution in [0.25, 0.3) is 0 Å². The van der Waals surface area contributed by atoms with E-state index in [9.17, 15) is 9.18 Å². The summed E-state index contributed by atoms with van der Waals surface area (Å²) in [7, 11) is 1.48. The van der Waals surface area contributed by atoms with Crippen LogP contribution in [0.5, 0.6) is 0 Å². The summed E-state index contributed by atoms with van der Waals surface area (Å²) < 4.78 is 15.1. The topological polar surface area (TPSA) is 46.9 Å². The van der Waals surface area contributed by atoms with E-state index in [4.69, 9.17) is 0 Å². The Morgan fingerprint density at radius 3 is 2.57 bits per heavy atom. The van der Waals surface area contributed by atoms with E-state index in [1.165, 1.54) is 7.05 Å². The Hall–Kier alpha value is -2.17. The van der Waals surface area contributed by atoms with Crippen molar-refractivity contribution in [3.05, 3.63) is 47.0 Å². The first-order valence-electron chi connectivity index (χ1n) is 7.96. The van der Waals surface area contributed by atoms with Crippen molar-refractivity contribution in [1.82, 2.24) is 9.78 Å². The number of halogens is 1. The molecule has 0 radical (unpaired) electrons. The zero-order valence-corrected chi connectivity index (χ0v) is 14.4. The highest BCUT2D eigenvalue weighted by Crippen LogP contribution is 2.32. The predicted molar refractivity (Wildman–Crippen MR) is 90.2 cm³/mol. The second-order valence-electron chi connectivity index (χ2n) is 6.09. The highest BCUT2D eigenvalue weighted by atomic mass is 19.1. The van der Waals surface area contributed by atoms with Crippen LogP contribution in [0.2, 0.25) is 0 Å². The first-order valence-corrected chi connectivity index (χ1v) is 7.96. The summed E-state index contributed by atoms with van der Waals surface area (Å²) in [6.45, 7) is 8.12. The molecule has 0 saturated carbocycles. The molecule has 2 unspecified atom stereocenters. The van der Waals surface area contributed by atoms with Gasteiger partial charge in [-0.1, -0.05) is 45.4 Å². The molecule has 0 bridgehead atoms. The molecule has 0 aliphatic carbocycles. The number of aryl methyl sites for hydroxylation is 2. The third kappa shape index (κ3) is 3.44. The van der Waals surface area contributed by atoms with E-state index in [1.807, 2.05) is 24.3 Å². The summed E-state index contributed by atoms with van der Waals surface area (Å²) in [4.78, 5) is 12.5. The highest BCUT2D eigenvalue weighted by Gasteiger charge is 2.22. The molecule has 0 spiro atoms. The molecule has 2 rings (SSSR count). The lowest BCUT2D eigenvalue weighted by Gasteiger charge is -2.22. The lowest BCUT2D eigenvalue weighted by atomic mass is 9.86. The van der Waals surface area contributed by atoms with Gasteiger partial charge in [0.05, 0.1) is 5.69 Å². The van der Waals surface area contributed by atoms with Crippen molar-refractivity contribution in [2.45, 2.75) is 40.0 Å². The maximum Gasteiger partial charge on any atom is 0.262 e. The van der Waals surface area contributed by atoms with Gasteiger partial charge in [-0.05, 0) is 30.4 Å². The molecule has 1 amide bonds. The molecule has 5 heteroatoms. The van der Waals surface area contributed by atoms with E-state index in [0.717, 1.165) is 22.4 Å². The van der Waals surface area contributed by atoms with Crippen LogP contribution in [-0.2, 0) is 7.05 Å². The molecule has 1 N–H and O–H groups in total. The fourth-order valence-electron chi connectivity index (χ4n) is 2.74. The SMILES string of the molecule is CCC(C)C(C)c1ccccc1NC(=O)c1c(C)nn(C)c1F. The average Bonchev–Trinajstić information content (AvgIpc) is 2.79. The van der Waals surface area contributed by atoms with Crippen molar-refractivity contribution >= 4 is 11.6 Å². The number of carbonyl (C=O) groups is 1. The molecule has 1 heterocycles. The molecule has 0 fully saturated rings. The zero-order chi connectivity index (χ0) is 17.1. The van der Waals surface area contributed by atoms with Crippen molar-refractivity contribution in [1.29, 1.82) is 0 Å². The monoisotopic (exact) mass is 317 g/mol. The molecular weight excluding hydrogens is 293 g/mol. The number of aromatic nitrogens is 2. The summed E-state index contributed by atoms with van der Waals surface area (Å²) in [6, 6.07) is 7.70. The molecule has 1 aromatic heterocycles. The molecule has 0 aliphatic rings. The van der Waals surface area contributed by atoms with Crippen LogP contribution in [0.1, 0.15) is 54.7 Å². The van der Waals surface area contributed by atoms with Crippen LogP contribution in [0, 0.1) is 18.8 Å². The van der Waals surface area contributed by atoms with Crippen LogP contribution in [0.15, 0.2) is 24.3 Å². The second-order valence-corrected chi connectivity index (χ2v) is 6.09. The number of rotatable bonds is 5. The van der Waals surface area contributed by atoms with Gasteiger partial charge in [-0.2, -0.15) is 9.49 Å². The fourth-order valence-corrected chi connectivity index (χ4v) is 2.74. The maximum absolute atomic E-state index is 14.1. The first kappa shape index (κ1) is 17.2. The third-order valence-corrected chi connectivity index (χ3v) is 4.58. The fraction of sp³-hybridized carbons (Fsp3) is 0.444. The van der Waals surface area contributed by atoms with Gasteiger partial charge in [0.25, 0.3) is 5.91 Å². The Morgan fingerprint density at radius 1 is 1.35 bits per heavy atom. The quantitative estimate of drug-likeness (QED) is 0.895. The third-order valence-electron chi connectivity index (χ3n) is 4.58. The van der Waals surface area contributed by atoms with Crippen LogP contribution >= 0.6 is 0 Å². The molecule has 2 aromatic rings. The Balaban J connectivity index is 2.32. The number of amides is 1. The van der Waals surface area contributed by atoms with E-state index in [1.54, 1.807) is 6.92 Å². The van der Waals surface area contributed by atoms with Gasteiger partial charge >= 0.3 is 0 Å². The van der Waals surface area contributed by atoms with Gasteiger partial charge in [0.1, 0.15) is 5.56 Å².